The number of carbonyl (C=O) groups is 1. The van der Waals surface area contributed by atoms with Crippen LogP contribution in [0, 0.1) is 5.82 Å². The fraction of sp³-hybridized carbons (Fsp3) is 0.359. The van der Waals surface area contributed by atoms with Gasteiger partial charge < -0.3 is 24.4 Å². The van der Waals surface area contributed by atoms with Crippen molar-refractivity contribution in [3.8, 4) is 5.75 Å². The molecule has 2 aliphatic rings. The Morgan fingerprint density at radius 2 is 1.76 bits per heavy atom. The molecule has 0 fully saturated rings. The van der Waals surface area contributed by atoms with E-state index in [1.807, 2.05) is 65.0 Å². The maximum Gasteiger partial charge on any atom is 0.410 e. The number of halogens is 1. The number of ether oxygens (including phenoxy) is 3. The Balaban J connectivity index is 0.000000486. The molecule has 3 aromatic carbocycles. The van der Waals surface area contributed by atoms with Gasteiger partial charge >= 0.3 is 6.09 Å². The van der Waals surface area contributed by atoms with Crippen molar-refractivity contribution in [3.63, 3.8) is 0 Å². The molecule has 0 atom stereocenters. The largest absolute Gasteiger partial charge is 0.680 e. The molecule has 0 bridgehead atoms. The van der Waals surface area contributed by atoms with Gasteiger partial charge in [-0.05, 0) is 83.8 Å². The quantitative estimate of drug-likeness (QED) is 0.112. The topological polar surface area (TPSA) is 91.6 Å². The average Bonchev–Trinajstić information content (AvgIpc) is 3.59. The van der Waals surface area contributed by atoms with Crippen molar-refractivity contribution in [3.05, 3.63) is 127 Å². The number of thiophene rings is 1. The summed E-state index contributed by atoms with van der Waals surface area (Å²) in [5, 5.41) is 16.1. The average molecular weight is 779 g/mol. The summed E-state index contributed by atoms with van der Waals surface area (Å²) in [6.07, 6.45) is 0.489. The minimum atomic E-state index is -0.515. The zero-order valence-corrected chi connectivity index (χ0v) is 33.4. The molecule has 50 heavy (non-hydrogen) atoms. The van der Waals surface area contributed by atoms with E-state index < -0.39 is 5.60 Å². The Hall–Kier alpha value is -3.12. The zero-order chi connectivity index (χ0) is 35.4. The normalized spacial score (nSPS) is 13.2. The maximum atomic E-state index is 14.0. The van der Waals surface area contributed by atoms with E-state index in [9.17, 15) is 9.18 Å². The molecule has 1 radical (unpaired) electrons. The van der Waals surface area contributed by atoms with Crippen LogP contribution in [0.2, 0.25) is 0 Å². The van der Waals surface area contributed by atoms with Gasteiger partial charge in [-0.2, -0.15) is 0 Å². The number of hydrogen-bond donors (Lipinski definition) is 1. The van der Waals surface area contributed by atoms with Crippen molar-refractivity contribution in [1.29, 1.82) is 0 Å². The third-order valence-corrected chi connectivity index (χ3v) is 8.60. The van der Waals surface area contributed by atoms with Crippen LogP contribution in [-0.2, 0) is 66.6 Å². The summed E-state index contributed by atoms with van der Waals surface area (Å²) in [4.78, 5) is 18.2. The second-order valence-electron chi connectivity index (χ2n) is 12.2. The van der Waals surface area contributed by atoms with Crippen molar-refractivity contribution in [1.82, 2.24) is 4.90 Å². The summed E-state index contributed by atoms with van der Waals surface area (Å²) in [5.41, 5.74) is 6.70. The summed E-state index contributed by atoms with van der Waals surface area (Å²) < 4.78 is 31.7. The second-order valence-corrected chi connectivity index (χ2v) is 13.1. The molecule has 0 unspecified atom stereocenters. The minimum absolute atomic E-state index is 0. The molecule has 4 aromatic rings. The number of rotatable bonds is 8. The van der Waals surface area contributed by atoms with Gasteiger partial charge in [0.15, 0.2) is 0 Å². The monoisotopic (exact) mass is 778 g/mol. The number of benzene rings is 3. The van der Waals surface area contributed by atoms with Crippen molar-refractivity contribution < 1.29 is 66.2 Å². The SMILES string of the molecule is CC.COCCOc1cc(F)ccc1C1=c2sccc2=C(c2ccc3c(c2)CCN(C(=O)OC(C)(C)C)C3)[N-]C1.OOCc1ccccc1.[Y]. The van der Waals surface area contributed by atoms with E-state index in [4.69, 9.17) is 24.8 Å². The Morgan fingerprint density at radius 1 is 1.00 bits per heavy atom. The summed E-state index contributed by atoms with van der Waals surface area (Å²) in [6.45, 7) is 12.3. The predicted octanol–water partition coefficient (Wildman–Crippen LogP) is 7.65. The van der Waals surface area contributed by atoms with Crippen molar-refractivity contribution in [2.45, 2.75) is 59.8 Å². The van der Waals surface area contributed by atoms with E-state index in [1.54, 1.807) is 29.4 Å². The van der Waals surface area contributed by atoms with E-state index in [1.165, 1.54) is 17.7 Å². The Morgan fingerprint density at radius 3 is 2.46 bits per heavy atom. The Bertz CT molecular complexity index is 1810. The zero-order valence-electron chi connectivity index (χ0n) is 29.7. The summed E-state index contributed by atoms with van der Waals surface area (Å²) in [5.74, 6) is 0.158. The third kappa shape index (κ3) is 11.2. The van der Waals surface area contributed by atoms with Crippen molar-refractivity contribution in [2.75, 3.05) is 33.4 Å². The fourth-order valence-electron chi connectivity index (χ4n) is 5.43. The number of hydrogen-bond acceptors (Lipinski definition) is 7. The van der Waals surface area contributed by atoms with Crippen LogP contribution in [0.5, 0.6) is 5.75 Å². The van der Waals surface area contributed by atoms with E-state index in [-0.39, 0.29) is 51.2 Å². The van der Waals surface area contributed by atoms with Gasteiger partial charge in [0.1, 0.15) is 30.4 Å². The van der Waals surface area contributed by atoms with Gasteiger partial charge in [0.25, 0.3) is 0 Å². The first-order valence-corrected chi connectivity index (χ1v) is 17.4. The Labute approximate surface area is 323 Å². The molecule has 11 heteroatoms. The molecular formula is C39H46FN2O6SY-. The molecule has 3 heterocycles. The molecule has 6 rings (SSSR count). The summed E-state index contributed by atoms with van der Waals surface area (Å²) in [6, 6.07) is 22.6. The van der Waals surface area contributed by atoms with Crippen LogP contribution in [-0.4, -0.2) is 55.3 Å². The molecular weight excluding hydrogens is 732 g/mol. The third-order valence-electron chi connectivity index (χ3n) is 7.62. The summed E-state index contributed by atoms with van der Waals surface area (Å²) in [7, 11) is 1.61. The van der Waals surface area contributed by atoms with Crippen LogP contribution in [0.25, 0.3) is 16.6 Å². The maximum absolute atomic E-state index is 14.0. The molecule has 0 aliphatic carbocycles. The molecule has 1 N–H and O–H groups in total. The standard InChI is InChI=1S/C30H32FN2O4S.C7H8O2.C2H6.Y/c1-30(2,3)37-29(34)33-11-9-19-15-20(5-6-21(19)18-33)27-24-10-14-38-28(24)25(17-32-27)23-8-7-22(31)16-26(23)36-13-12-35-4;8-9-6-7-4-2-1-3-5-7;1-2;/h5-8,10,14-16H,9,11-13,17-18H2,1-4H3;1-5,8H,6H2;1-2H3;/q-1;;;. The van der Waals surface area contributed by atoms with Gasteiger partial charge in [0.05, 0.1) is 6.61 Å². The number of nitrogens with zero attached hydrogens (tertiary/aromatic N) is 2. The van der Waals surface area contributed by atoms with Gasteiger partial charge in [0.2, 0.25) is 0 Å². The van der Waals surface area contributed by atoms with E-state index in [2.05, 4.69) is 34.5 Å². The second kappa shape index (κ2) is 20.1. The Kier molecular flexibility index (Phi) is 16.6. The van der Waals surface area contributed by atoms with Crippen LogP contribution in [0.4, 0.5) is 9.18 Å². The van der Waals surface area contributed by atoms with Crippen LogP contribution < -0.4 is 14.5 Å². The molecule has 8 nitrogen and oxygen atoms in total. The van der Waals surface area contributed by atoms with Crippen LogP contribution in [0.3, 0.4) is 0 Å². The van der Waals surface area contributed by atoms with Crippen LogP contribution >= 0.6 is 11.3 Å². The fourth-order valence-corrected chi connectivity index (χ4v) is 6.38. The van der Waals surface area contributed by atoms with E-state index >= 15 is 0 Å². The molecule has 0 saturated heterocycles. The first-order chi connectivity index (χ1) is 23.7. The van der Waals surface area contributed by atoms with Gasteiger partial charge in [-0.1, -0.05) is 62.4 Å². The molecule has 0 saturated carbocycles. The number of fused-ring (bicyclic) bond motifs is 2. The number of methoxy groups -OCH3 is 1. The first kappa shape index (κ1) is 41.3. The van der Waals surface area contributed by atoms with Gasteiger partial charge in [-0.15, -0.1) is 23.6 Å². The predicted molar refractivity (Wildman–Crippen MR) is 193 cm³/mol. The van der Waals surface area contributed by atoms with Crippen LogP contribution in [0.15, 0.2) is 78.2 Å². The van der Waals surface area contributed by atoms with Crippen molar-refractivity contribution >= 4 is 28.7 Å². The van der Waals surface area contributed by atoms with Crippen molar-refractivity contribution in [2.24, 2.45) is 0 Å². The molecule has 0 spiro atoms. The smallest absolute Gasteiger partial charge is 0.410 e. The molecule has 265 valence electrons. The number of amides is 1. The van der Waals surface area contributed by atoms with Gasteiger partial charge in [0, 0.05) is 69.1 Å². The van der Waals surface area contributed by atoms with Gasteiger partial charge in [-0.3, -0.25) is 5.26 Å². The van der Waals surface area contributed by atoms with E-state index in [0.717, 1.165) is 49.7 Å². The van der Waals surface area contributed by atoms with Gasteiger partial charge in [-0.25, -0.2) is 14.1 Å². The molecule has 1 amide bonds. The number of carbonyl (C=O) groups excluding carboxylic acids is 1. The van der Waals surface area contributed by atoms with E-state index in [0.29, 0.717) is 38.6 Å². The molecule has 2 aliphatic heterocycles. The van der Waals surface area contributed by atoms with Crippen LogP contribution in [0.1, 0.15) is 62.4 Å². The minimum Gasteiger partial charge on any atom is -0.680 e. The summed E-state index contributed by atoms with van der Waals surface area (Å²) >= 11 is 1.65. The molecule has 1 aromatic heterocycles. The first-order valence-electron chi connectivity index (χ1n) is 16.5.